The second-order valence-electron chi connectivity index (χ2n) is 2.58. The third-order valence-corrected chi connectivity index (χ3v) is 1.66. The van der Waals surface area contributed by atoms with Crippen LogP contribution < -0.4 is 0 Å². The molecule has 2 aromatic carbocycles. The lowest BCUT2D eigenvalue weighted by molar-refractivity contribution is -0.742. The minimum atomic E-state index is -1.50. The number of benzene rings is 2. The Balaban J connectivity index is 0.000000213. The van der Waals surface area contributed by atoms with E-state index in [2.05, 4.69) is 48.5 Å². The zero-order valence-electron chi connectivity index (χ0n) is 7.33. The monoisotopic (exact) mass is 191 g/mol. The Morgan fingerprint density at radius 2 is 1.14 bits per heavy atom. The first kappa shape index (κ1) is 9.98. The minimum Gasteiger partial charge on any atom is -0.328 e. The molecule has 0 aliphatic heterocycles. The standard InChI is InChI=1S/C10H8.HNO3/c1-2-6-10-8-4-3-7-9(10)5-1;2-1(3)4/h1-8H;(H,2,3,4). The molecule has 2 rings (SSSR count). The molecule has 0 saturated heterocycles. The van der Waals surface area contributed by atoms with Gasteiger partial charge in [0, 0.05) is 0 Å². The van der Waals surface area contributed by atoms with Crippen molar-refractivity contribution in [3.05, 3.63) is 58.6 Å². The molecule has 0 spiro atoms. The fourth-order valence-corrected chi connectivity index (χ4v) is 1.13. The molecule has 0 atom stereocenters. The third kappa shape index (κ3) is 3.10. The Kier molecular flexibility index (Phi) is 3.43. The number of rotatable bonds is 0. The topological polar surface area (TPSA) is 63.4 Å². The van der Waals surface area contributed by atoms with Crippen LogP contribution in [0.15, 0.2) is 48.5 Å². The van der Waals surface area contributed by atoms with Crippen molar-refractivity contribution >= 4 is 10.8 Å². The van der Waals surface area contributed by atoms with Crippen LogP contribution >= 0.6 is 0 Å². The van der Waals surface area contributed by atoms with E-state index >= 15 is 0 Å². The normalized spacial score (nSPS) is 8.86. The molecule has 4 heteroatoms. The Morgan fingerprint density at radius 1 is 0.929 bits per heavy atom. The largest absolute Gasteiger partial charge is 0.328 e. The summed E-state index contributed by atoms with van der Waals surface area (Å²) in [6.07, 6.45) is 0. The maximum Gasteiger partial charge on any atom is 0.291 e. The molecule has 0 bridgehead atoms. The first-order valence-electron chi connectivity index (χ1n) is 3.97. The first-order chi connectivity index (χ1) is 6.70. The van der Waals surface area contributed by atoms with E-state index < -0.39 is 5.09 Å². The highest BCUT2D eigenvalue weighted by atomic mass is 16.9. The minimum absolute atomic E-state index is 1.31. The van der Waals surface area contributed by atoms with Crippen LogP contribution in [0.1, 0.15) is 0 Å². The van der Waals surface area contributed by atoms with E-state index in [1.54, 1.807) is 0 Å². The zero-order valence-corrected chi connectivity index (χ0v) is 7.33. The van der Waals surface area contributed by atoms with Crippen molar-refractivity contribution in [1.82, 2.24) is 0 Å². The second kappa shape index (κ2) is 4.81. The summed E-state index contributed by atoms with van der Waals surface area (Å²) in [6, 6.07) is 16.7. The molecule has 0 saturated carbocycles. The van der Waals surface area contributed by atoms with E-state index in [1.165, 1.54) is 10.8 Å². The summed E-state index contributed by atoms with van der Waals surface area (Å²) in [5.41, 5.74) is 0. The van der Waals surface area contributed by atoms with Gasteiger partial charge in [0.1, 0.15) is 0 Å². The average Bonchev–Trinajstić information content (AvgIpc) is 2.17. The highest BCUT2D eigenvalue weighted by Crippen LogP contribution is 2.11. The number of hydrogen-bond acceptors (Lipinski definition) is 2. The molecular weight excluding hydrogens is 182 g/mol. The lowest BCUT2D eigenvalue weighted by Crippen LogP contribution is -1.81. The van der Waals surface area contributed by atoms with Gasteiger partial charge in [0.25, 0.3) is 5.09 Å². The third-order valence-electron chi connectivity index (χ3n) is 1.66. The molecule has 0 unspecified atom stereocenters. The fourth-order valence-electron chi connectivity index (χ4n) is 1.13. The van der Waals surface area contributed by atoms with Gasteiger partial charge in [-0.05, 0) is 10.8 Å². The molecule has 0 fully saturated rings. The van der Waals surface area contributed by atoms with Crippen LogP contribution in [0.25, 0.3) is 10.8 Å². The number of hydrogen-bond donors (Lipinski definition) is 1. The molecule has 72 valence electrons. The van der Waals surface area contributed by atoms with E-state index in [0.29, 0.717) is 0 Å². The molecule has 0 amide bonds. The predicted octanol–water partition coefficient (Wildman–Crippen LogP) is 2.49. The van der Waals surface area contributed by atoms with E-state index in [4.69, 9.17) is 15.3 Å². The Labute approximate surface area is 80.5 Å². The van der Waals surface area contributed by atoms with Crippen molar-refractivity contribution in [1.29, 1.82) is 0 Å². The van der Waals surface area contributed by atoms with Crippen molar-refractivity contribution in [2.75, 3.05) is 0 Å². The van der Waals surface area contributed by atoms with Crippen LogP contribution in [0.3, 0.4) is 0 Å². The van der Waals surface area contributed by atoms with Gasteiger partial charge in [0.2, 0.25) is 0 Å². The molecular formula is C10H9NO3. The number of nitrogens with zero attached hydrogens (tertiary/aromatic N) is 1. The van der Waals surface area contributed by atoms with Gasteiger partial charge >= 0.3 is 0 Å². The van der Waals surface area contributed by atoms with Crippen LogP contribution in [-0.2, 0) is 0 Å². The van der Waals surface area contributed by atoms with Gasteiger partial charge in [-0.1, -0.05) is 48.5 Å². The lowest BCUT2D eigenvalue weighted by Gasteiger charge is -1.92. The average molecular weight is 191 g/mol. The van der Waals surface area contributed by atoms with Crippen LogP contribution in [0.4, 0.5) is 0 Å². The van der Waals surface area contributed by atoms with E-state index in [0.717, 1.165) is 0 Å². The van der Waals surface area contributed by atoms with Crippen molar-refractivity contribution in [3.63, 3.8) is 0 Å². The van der Waals surface area contributed by atoms with Crippen LogP contribution in [0.5, 0.6) is 0 Å². The van der Waals surface area contributed by atoms with Gasteiger partial charge < -0.3 is 5.21 Å². The quantitative estimate of drug-likeness (QED) is 0.514. The van der Waals surface area contributed by atoms with Gasteiger partial charge in [-0.3, -0.25) is 0 Å². The van der Waals surface area contributed by atoms with Crippen molar-refractivity contribution < 1.29 is 10.3 Å². The zero-order chi connectivity index (χ0) is 10.4. The summed E-state index contributed by atoms with van der Waals surface area (Å²) in [7, 11) is 0. The molecule has 14 heavy (non-hydrogen) atoms. The summed E-state index contributed by atoms with van der Waals surface area (Å²) in [5, 5.41) is 16.3. The van der Waals surface area contributed by atoms with Crippen LogP contribution in [0.2, 0.25) is 0 Å². The van der Waals surface area contributed by atoms with Crippen LogP contribution in [-0.4, -0.2) is 10.3 Å². The lowest BCUT2D eigenvalue weighted by atomic mass is 10.1. The maximum atomic E-state index is 8.36. The molecule has 0 aliphatic carbocycles. The molecule has 0 radical (unpaired) electrons. The Bertz CT molecular complexity index is 359. The predicted molar refractivity (Wildman–Crippen MR) is 52.7 cm³/mol. The Morgan fingerprint density at radius 3 is 1.36 bits per heavy atom. The van der Waals surface area contributed by atoms with Gasteiger partial charge in [-0.25, -0.2) is 0 Å². The van der Waals surface area contributed by atoms with Gasteiger partial charge in [-0.15, -0.1) is 10.1 Å². The molecule has 4 nitrogen and oxygen atoms in total. The van der Waals surface area contributed by atoms with Crippen molar-refractivity contribution in [3.8, 4) is 0 Å². The van der Waals surface area contributed by atoms with Gasteiger partial charge in [0.15, 0.2) is 0 Å². The van der Waals surface area contributed by atoms with E-state index in [9.17, 15) is 0 Å². The number of fused-ring (bicyclic) bond motifs is 1. The highest BCUT2D eigenvalue weighted by molar-refractivity contribution is 5.81. The van der Waals surface area contributed by atoms with E-state index in [1.807, 2.05) is 0 Å². The summed E-state index contributed by atoms with van der Waals surface area (Å²) in [6.45, 7) is 0. The molecule has 0 aliphatic rings. The first-order valence-corrected chi connectivity index (χ1v) is 3.97. The summed E-state index contributed by atoms with van der Waals surface area (Å²) < 4.78 is 0. The van der Waals surface area contributed by atoms with Crippen LogP contribution in [0, 0.1) is 10.1 Å². The van der Waals surface area contributed by atoms with E-state index in [-0.39, 0.29) is 0 Å². The molecule has 0 heterocycles. The smallest absolute Gasteiger partial charge is 0.291 e. The molecule has 2 aromatic rings. The highest BCUT2D eigenvalue weighted by Gasteiger charge is 1.85. The van der Waals surface area contributed by atoms with Crippen molar-refractivity contribution in [2.45, 2.75) is 0 Å². The fraction of sp³-hybridized carbons (Fsp3) is 0. The molecule has 0 aromatic heterocycles. The summed E-state index contributed by atoms with van der Waals surface area (Å²) in [4.78, 5) is 8.36. The SMILES string of the molecule is O=[N+]([O-])O.c1ccc2ccccc2c1. The summed E-state index contributed by atoms with van der Waals surface area (Å²) in [5.74, 6) is 0. The summed E-state index contributed by atoms with van der Waals surface area (Å²) >= 11 is 0. The van der Waals surface area contributed by atoms with Gasteiger partial charge in [0.05, 0.1) is 0 Å². The Hall–Kier alpha value is -2.10. The maximum absolute atomic E-state index is 8.36. The van der Waals surface area contributed by atoms with Crippen molar-refractivity contribution in [2.24, 2.45) is 0 Å². The van der Waals surface area contributed by atoms with Gasteiger partial charge in [-0.2, -0.15) is 0 Å². The molecule has 1 N–H and O–H groups in total. The second-order valence-corrected chi connectivity index (χ2v) is 2.58.